The van der Waals surface area contributed by atoms with Crippen LogP contribution in [-0.4, -0.2) is 24.2 Å². The summed E-state index contributed by atoms with van der Waals surface area (Å²) in [6.45, 7) is 1.92. The molecule has 2 N–H and O–H groups in total. The van der Waals surface area contributed by atoms with Crippen molar-refractivity contribution in [3.63, 3.8) is 0 Å². The third kappa shape index (κ3) is 5.62. The number of amides is 1. The summed E-state index contributed by atoms with van der Waals surface area (Å²) in [5.41, 5.74) is 1.17. The van der Waals surface area contributed by atoms with Gasteiger partial charge in [0, 0.05) is 0 Å². The Morgan fingerprint density at radius 3 is 2.30 bits per heavy atom. The van der Waals surface area contributed by atoms with Crippen molar-refractivity contribution in [2.75, 3.05) is 13.2 Å². The number of nitrogens with one attached hydrogen (secondary N) is 1. The number of ether oxygens (including phenoxy) is 2. The standard InChI is InChI=1S/C21H21NO5/c1-15-4-6-17(7-5-15)27-18-10-8-16(9-11-18)26-14-21(24)22-13-19(23)20-3-2-12-25-20/h2-12,19,23H,13-14H2,1H3,(H,22,24). The zero-order chi connectivity index (χ0) is 19.1. The summed E-state index contributed by atoms with van der Waals surface area (Å²) in [7, 11) is 0. The van der Waals surface area contributed by atoms with Crippen molar-refractivity contribution < 1.29 is 23.8 Å². The van der Waals surface area contributed by atoms with Crippen LogP contribution in [0, 0.1) is 6.92 Å². The predicted octanol–water partition coefficient (Wildman–Crippen LogP) is 3.61. The molecule has 1 heterocycles. The molecule has 27 heavy (non-hydrogen) atoms. The maximum atomic E-state index is 11.8. The van der Waals surface area contributed by atoms with Gasteiger partial charge >= 0.3 is 0 Å². The van der Waals surface area contributed by atoms with Crippen LogP contribution in [0.2, 0.25) is 0 Å². The highest BCUT2D eigenvalue weighted by molar-refractivity contribution is 5.77. The van der Waals surface area contributed by atoms with Crippen LogP contribution < -0.4 is 14.8 Å². The summed E-state index contributed by atoms with van der Waals surface area (Å²) >= 11 is 0. The molecule has 0 saturated carbocycles. The minimum Gasteiger partial charge on any atom is -0.484 e. The van der Waals surface area contributed by atoms with Crippen molar-refractivity contribution in [1.82, 2.24) is 5.32 Å². The summed E-state index contributed by atoms with van der Waals surface area (Å²) in [5, 5.41) is 12.4. The zero-order valence-corrected chi connectivity index (χ0v) is 14.9. The summed E-state index contributed by atoms with van der Waals surface area (Å²) < 4.78 is 16.3. The maximum Gasteiger partial charge on any atom is 0.258 e. The largest absolute Gasteiger partial charge is 0.484 e. The summed E-state index contributed by atoms with van der Waals surface area (Å²) in [4.78, 5) is 11.8. The van der Waals surface area contributed by atoms with Crippen LogP contribution in [0.4, 0.5) is 0 Å². The van der Waals surface area contributed by atoms with Gasteiger partial charge in [-0.15, -0.1) is 0 Å². The van der Waals surface area contributed by atoms with Gasteiger partial charge < -0.3 is 24.3 Å². The number of hydrogen-bond donors (Lipinski definition) is 2. The van der Waals surface area contributed by atoms with Crippen molar-refractivity contribution >= 4 is 5.91 Å². The number of hydrogen-bond acceptors (Lipinski definition) is 5. The van der Waals surface area contributed by atoms with Gasteiger partial charge in [0.2, 0.25) is 0 Å². The Balaban J connectivity index is 1.42. The minimum absolute atomic E-state index is 0.0546. The second-order valence-corrected chi connectivity index (χ2v) is 6.01. The molecule has 0 bridgehead atoms. The van der Waals surface area contributed by atoms with Gasteiger partial charge in [-0.3, -0.25) is 4.79 Å². The fourth-order valence-electron chi connectivity index (χ4n) is 2.34. The van der Waals surface area contributed by atoms with Gasteiger partial charge in [-0.25, -0.2) is 0 Å². The minimum atomic E-state index is -0.887. The Morgan fingerprint density at radius 2 is 1.67 bits per heavy atom. The first kappa shape index (κ1) is 18.5. The topological polar surface area (TPSA) is 80.9 Å². The average Bonchev–Trinajstić information content (AvgIpc) is 3.22. The number of furan rings is 1. The lowest BCUT2D eigenvalue weighted by molar-refractivity contribution is -0.123. The van der Waals surface area contributed by atoms with E-state index in [1.165, 1.54) is 11.8 Å². The molecule has 140 valence electrons. The number of aliphatic hydroxyl groups excluding tert-OH is 1. The molecule has 0 aliphatic rings. The molecule has 2 aromatic carbocycles. The van der Waals surface area contributed by atoms with Gasteiger partial charge in [0.25, 0.3) is 5.91 Å². The molecule has 6 nitrogen and oxygen atoms in total. The van der Waals surface area contributed by atoms with E-state index in [0.717, 1.165) is 5.75 Å². The van der Waals surface area contributed by atoms with E-state index >= 15 is 0 Å². The Hall–Kier alpha value is -3.25. The summed E-state index contributed by atoms with van der Waals surface area (Å²) in [5.74, 6) is 2.05. The fraction of sp³-hybridized carbons (Fsp3) is 0.190. The quantitative estimate of drug-likeness (QED) is 0.636. The molecule has 6 heteroatoms. The van der Waals surface area contributed by atoms with Gasteiger partial charge in [-0.05, 0) is 55.5 Å². The first-order chi connectivity index (χ1) is 13.1. The molecular formula is C21H21NO5. The normalized spacial score (nSPS) is 11.6. The molecule has 1 unspecified atom stereocenters. The van der Waals surface area contributed by atoms with Gasteiger partial charge in [-0.1, -0.05) is 17.7 Å². The van der Waals surface area contributed by atoms with Crippen LogP contribution in [0.1, 0.15) is 17.4 Å². The smallest absolute Gasteiger partial charge is 0.258 e. The second kappa shape index (κ2) is 8.91. The predicted molar refractivity (Wildman–Crippen MR) is 99.9 cm³/mol. The van der Waals surface area contributed by atoms with Crippen LogP contribution in [0.5, 0.6) is 17.2 Å². The van der Waals surface area contributed by atoms with Crippen molar-refractivity contribution in [3.05, 3.63) is 78.3 Å². The molecule has 0 fully saturated rings. The lowest BCUT2D eigenvalue weighted by atomic mass is 10.2. The van der Waals surface area contributed by atoms with Crippen LogP contribution in [0.25, 0.3) is 0 Å². The van der Waals surface area contributed by atoms with Crippen molar-refractivity contribution in [3.8, 4) is 17.2 Å². The van der Waals surface area contributed by atoms with Crippen molar-refractivity contribution in [2.45, 2.75) is 13.0 Å². The molecule has 0 saturated heterocycles. The molecule has 3 rings (SSSR count). The highest BCUT2D eigenvalue weighted by atomic mass is 16.5. The molecular weight excluding hydrogens is 346 g/mol. The number of rotatable bonds is 8. The van der Waals surface area contributed by atoms with Crippen LogP contribution in [-0.2, 0) is 4.79 Å². The monoisotopic (exact) mass is 367 g/mol. The highest BCUT2D eigenvalue weighted by Gasteiger charge is 2.12. The Kier molecular flexibility index (Phi) is 6.12. The van der Waals surface area contributed by atoms with E-state index in [1.807, 2.05) is 31.2 Å². The molecule has 0 radical (unpaired) electrons. The molecule has 0 spiro atoms. The van der Waals surface area contributed by atoms with Gasteiger partial charge in [0.1, 0.15) is 29.1 Å². The first-order valence-electron chi connectivity index (χ1n) is 8.56. The molecule has 1 aromatic heterocycles. The number of aliphatic hydroxyl groups is 1. The Bertz CT molecular complexity index is 841. The van der Waals surface area contributed by atoms with Crippen LogP contribution in [0.3, 0.4) is 0 Å². The van der Waals surface area contributed by atoms with Crippen LogP contribution >= 0.6 is 0 Å². The summed E-state index contributed by atoms with van der Waals surface area (Å²) in [6.07, 6.45) is 0.581. The molecule has 3 aromatic rings. The number of carbonyl (C=O) groups is 1. The average molecular weight is 367 g/mol. The first-order valence-corrected chi connectivity index (χ1v) is 8.56. The number of benzene rings is 2. The Morgan fingerprint density at radius 1 is 1.04 bits per heavy atom. The van der Waals surface area contributed by atoms with Gasteiger partial charge in [-0.2, -0.15) is 0 Å². The Labute approximate surface area is 157 Å². The van der Waals surface area contributed by atoms with E-state index in [4.69, 9.17) is 13.9 Å². The second-order valence-electron chi connectivity index (χ2n) is 6.01. The maximum absolute atomic E-state index is 11.8. The SMILES string of the molecule is Cc1ccc(Oc2ccc(OCC(=O)NCC(O)c3ccco3)cc2)cc1. The molecule has 0 aliphatic heterocycles. The summed E-state index contributed by atoms with van der Waals surface area (Å²) in [6, 6.07) is 18.1. The fourth-order valence-corrected chi connectivity index (χ4v) is 2.34. The lowest BCUT2D eigenvalue weighted by Crippen LogP contribution is -2.32. The van der Waals surface area contributed by atoms with E-state index in [0.29, 0.717) is 17.3 Å². The molecule has 1 atom stereocenters. The third-order valence-corrected chi connectivity index (χ3v) is 3.81. The molecule has 0 aliphatic carbocycles. The van der Waals surface area contributed by atoms with E-state index in [9.17, 15) is 9.90 Å². The van der Waals surface area contributed by atoms with Gasteiger partial charge in [0.15, 0.2) is 6.61 Å². The van der Waals surface area contributed by atoms with Gasteiger partial charge in [0.05, 0.1) is 12.8 Å². The van der Waals surface area contributed by atoms with E-state index < -0.39 is 6.10 Å². The molecule has 1 amide bonds. The van der Waals surface area contributed by atoms with E-state index in [2.05, 4.69) is 5.32 Å². The van der Waals surface area contributed by atoms with Crippen LogP contribution in [0.15, 0.2) is 71.3 Å². The third-order valence-electron chi connectivity index (χ3n) is 3.81. The lowest BCUT2D eigenvalue weighted by Gasteiger charge is -2.11. The number of carbonyl (C=O) groups excluding carboxylic acids is 1. The highest BCUT2D eigenvalue weighted by Crippen LogP contribution is 2.24. The van der Waals surface area contributed by atoms with E-state index in [-0.39, 0.29) is 19.1 Å². The van der Waals surface area contributed by atoms with E-state index in [1.54, 1.807) is 36.4 Å². The van der Waals surface area contributed by atoms with Crippen molar-refractivity contribution in [1.29, 1.82) is 0 Å². The number of aryl methyl sites for hydroxylation is 1. The van der Waals surface area contributed by atoms with Crippen molar-refractivity contribution in [2.24, 2.45) is 0 Å². The zero-order valence-electron chi connectivity index (χ0n) is 14.9.